The van der Waals surface area contributed by atoms with Crippen LogP contribution in [0.4, 0.5) is 0 Å². The van der Waals surface area contributed by atoms with Gasteiger partial charge >= 0.3 is 16.0 Å². The number of hydrogen-bond donors (Lipinski definition) is 4. The lowest BCUT2D eigenvalue weighted by Gasteiger charge is -2.00. The van der Waals surface area contributed by atoms with Crippen LogP contribution in [0.15, 0.2) is 52.2 Å². The van der Waals surface area contributed by atoms with E-state index in [1.807, 2.05) is 30.5 Å². The highest BCUT2D eigenvalue weighted by atomic mass is 32.2. The molecule has 0 saturated carbocycles. The van der Waals surface area contributed by atoms with Crippen molar-refractivity contribution in [2.24, 2.45) is 5.73 Å². The summed E-state index contributed by atoms with van der Waals surface area (Å²) in [4.78, 5) is 6.11. The van der Waals surface area contributed by atoms with E-state index in [-0.39, 0.29) is 10.2 Å². The number of nitrogens with two attached hydrogens (primary N) is 1. The molecule has 0 fully saturated rings. The van der Waals surface area contributed by atoms with Gasteiger partial charge in [0.15, 0.2) is 4.21 Å². The highest BCUT2D eigenvalue weighted by molar-refractivity contribution is 7.92. The first-order valence-electron chi connectivity index (χ1n) is 7.04. The predicted molar refractivity (Wildman–Crippen MR) is 91.7 cm³/mol. The average Bonchev–Trinajstić information content (AvgIpc) is 3.17. The average molecular weight is 349 g/mol. The number of aromatic nitrogens is 1. The summed E-state index contributed by atoms with van der Waals surface area (Å²) in [6.45, 7) is 0.528. The third-order valence-electron chi connectivity index (χ3n) is 3.39. The zero-order valence-corrected chi connectivity index (χ0v) is 13.9. The zero-order chi connectivity index (χ0) is 16.3. The van der Waals surface area contributed by atoms with Crippen molar-refractivity contribution in [2.45, 2.75) is 10.6 Å². The normalized spacial score (nSPS) is 12.6. The minimum absolute atomic E-state index is 0.0261. The molecule has 6 nitrogen and oxygen atoms in total. The van der Waals surface area contributed by atoms with Crippen molar-refractivity contribution in [1.29, 1.82) is 0 Å². The third-order valence-corrected chi connectivity index (χ3v) is 6.15. The summed E-state index contributed by atoms with van der Waals surface area (Å²) in [7, 11) is -3.60. The number of nitrogens with one attached hydrogen (secondary N) is 3. The standard InChI is InChI=1S/C15H16N4O2S2/c16-15(19-23(20,21)14-6-3-9-22-14)17-8-7-11-10-18-13-5-2-1-4-12(11)13/h1-6,9-10,18H,7-8H2,(H3,16,17,19)/p+1. The van der Waals surface area contributed by atoms with Crippen LogP contribution in [-0.2, 0) is 16.4 Å². The summed E-state index contributed by atoms with van der Waals surface area (Å²) in [5.41, 5.74) is 7.97. The number of rotatable bonds is 5. The molecule has 0 aliphatic heterocycles. The summed E-state index contributed by atoms with van der Waals surface area (Å²) in [6.07, 6.45) is 2.68. The van der Waals surface area contributed by atoms with Gasteiger partial charge in [0.1, 0.15) is 0 Å². The highest BCUT2D eigenvalue weighted by Crippen LogP contribution is 2.17. The Labute approximate surface area is 138 Å². The van der Waals surface area contributed by atoms with Crippen LogP contribution >= 0.6 is 11.3 Å². The number of thiophene rings is 1. The van der Waals surface area contributed by atoms with Crippen molar-refractivity contribution in [3.05, 3.63) is 53.5 Å². The van der Waals surface area contributed by atoms with Gasteiger partial charge in [-0.3, -0.25) is 10.7 Å². The Morgan fingerprint density at radius 2 is 2.09 bits per heavy atom. The first-order valence-corrected chi connectivity index (χ1v) is 9.40. The maximum absolute atomic E-state index is 12.0. The summed E-state index contributed by atoms with van der Waals surface area (Å²) in [5.74, 6) is 0.0261. The number of aromatic amines is 1. The topological polar surface area (TPSA) is 102 Å². The van der Waals surface area contributed by atoms with Gasteiger partial charge < -0.3 is 4.98 Å². The number of H-pyrrole nitrogens is 1. The van der Waals surface area contributed by atoms with E-state index in [4.69, 9.17) is 5.73 Å². The van der Waals surface area contributed by atoms with Crippen molar-refractivity contribution < 1.29 is 13.4 Å². The van der Waals surface area contributed by atoms with E-state index in [2.05, 4.69) is 14.7 Å². The maximum Gasteiger partial charge on any atom is 0.356 e. The van der Waals surface area contributed by atoms with E-state index in [9.17, 15) is 8.42 Å². The van der Waals surface area contributed by atoms with Gasteiger partial charge in [-0.15, -0.1) is 11.3 Å². The second-order valence-corrected chi connectivity index (χ2v) is 7.84. The summed E-state index contributed by atoms with van der Waals surface area (Å²) < 4.78 is 26.6. The largest absolute Gasteiger partial charge is 0.361 e. The number of hydrogen-bond acceptors (Lipinski definition) is 3. The Morgan fingerprint density at radius 3 is 2.87 bits per heavy atom. The number of fused-ring (bicyclic) bond motifs is 1. The number of sulfonamides is 1. The molecule has 3 aromatic rings. The quantitative estimate of drug-likeness (QED) is 0.389. The molecule has 0 atom stereocenters. The molecule has 0 aliphatic rings. The first kappa shape index (κ1) is 15.6. The van der Waals surface area contributed by atoms with E-state index in [0.717, 1.165) is 34.2 Å². The second kappa shape index (κ2) is 6.43. The van der Waals surface area contributed by atoms with E-state index >= 15 is 0 Å². The molecule has 0 aliphatic carbocycles. The monoisotopic (exact) mass is 349 g/mol. The molecule has 0 radical (unpaired) electrons. The Kier molecular flexibility index (Phi) is 4.35. The Hall–Kier alpha value is -2.32. The van der Waals surface area contributed by atoms with E-state index in [1.165, 1.54) is 6.07 Å². The molecular weight excluding hydrogens is 332 g/mol. The molecule has 2 aromatic heterocycles. The Bertz CT molecular complexity index is 927. The fourth-order valence-corrected chi connectivity index (χ4v) is 4.28. The molecule has 2 heterocycles. The summed E-state index contributed by atoms with van der Waals surface area (Å²) in [5, 5.41) is 2.86. The minimum atomic E-state index is -3.60. The fourth-order valence-electron chi connectivity index (χ4n) is 2.32. The van der Waals surface area contributed by atoms with Gasteiger partial charge in [-0.1, -0.05) is 24.3 Å². The lowest BCUT2D eigenvalue weighted by Crippen LogP contribution is -2.79. The van der Waals surface area contributed by atoms with Gasteiger partial charge in [-0.05, 0) is 23.1 Å². The van der Waals surface area contributed by atoms with Gasteiger partial charge in [-0.25, -0.2) is 0 Å². The molecule has 0 saturated heterocycles. The molecule has 23 heavy (non-hydrogen) atoms. The van der Waals surface area contributed by atoms with Gasteiger partial charge in [0.25, 0.3) is 0 Å². The molecular formula is C15H17N4O2S2+. The lowest BCUT2D eigenvalue weighted by atomic mass is 10.1. The molecule has 1 aromatic carbocycles. The third kappa shape index (κ3) is 3.54. The fraction of sp³-hybridized carbons (Fsp3) is 0.133. The van der Waals surface area contributed by atoms with Crippen LogP contribution in [0.25, 0.3) is 10.9 Å². The first-order chi connectivity index (χ1) is 11.1. The molecule has 0 spiro atoms. The number of para-hydroxylation sites is 1. The molecule has 0 bridgehead atoms. The number of benzene rings is 1. The van der Waals surface area contributed by atoms with Gasteiger partial charge in [0.2, 0.25) is 0 Å². The van der Waals surface area contributed by atoms with Crippen LogP contribution in [0.1, 0.15) is 5.56 Å². The molecule has 0 unspecified atom stereocenters. The maximum atomic E-state index is 12.0. The van der Waals surface area contributed by atoms with Crippen molar-refractivity contribution in [1.82, 2.24) is 9.71 Å². The SMILES string of the molecule is NC(NS(=O)(=O)c1cccs1)=[NH+]CCc1c[nH]c2ccccc12. The Morgan fingerprint density at radius 1 is 1.26 bits per heavy atom. The molecule has 0 amide bonds. The van der Waals surface area contributed by atoms with Crippen LogP contribution in [0.3, 0.4) is 0 Å². The van der Waals surface area contributed by atoms with Crippen LogP contribution in [0.5, 0.6) is 0 Å². The van der Waals surface area contributed by atoms with Gasteiger partial charge in [-0.2, -0.15) is 13.1 Å². The predicted octanol–water partition coefficient (Wildman–Crippen LogP) is 0.146. The van der Waals surface area contributed by atoms with Crippen LogP contribution in [0, 0.1) is 0 Å². The summed E-state index contributed by atoms with van der Waals surface area (Å²) in [6, 6.07) is 11.2. The van der Waals surface area contributed by atoms with Crippen LogP contribution in [0.2, 0.25) is 0 Å². The lowest BCUT2D eigenvalue weighted by molar-refractivity contribution is -0.458. The number of guanidine groups is 1. The smallest absolute Gasteiger partial charge is 0.356 e. The molecule has 3 rings (SSSR count). The van der Waals surface area contributed by atoms with E-state index in [0.29, 0.717) is 6.54 Å². The van der Waals surface area contributed by atoms with E-state index < -0.39 is 10.0 Å². The zero-order valence-electron chi connectivity index (χ0n) is 12.2. The van der Waals surface area contributed by atoms with Gasteiger partial charge in [0, 0.05) is 23.5 Å². The Balaban J connectivity index is 1.64. The highest BCUT2D eigenvalue weighted by Gasteiger charge is 2.20. The molecule has 5 N–H and O–H groups in total. The van der Waals surface area contributed by atoms with Crippen molar-refractivity contribution in [3.63, 3.8) is 0 Å². The van der Waals surface area contributed by atoms with Crippen LogP contribution in [-0.4, -0.2) is 25.9 Å². The molecule has 120 valence electrons. The summed E-state index contributed by atoms with van der Waals surface area (Å²) >= 11 is 1.14. The minimum Gasteiger partial charge on any atom is -0.361 e. The van der Waals surface area contributed by atoms with Crippen molar-refractivity contribution >= 4 is 38.2 Å². The van der Waals surface area contributed by atoms with Crippen molar-refractivity contribution in [3.8, 4) is 0 Å². The van der Waals surface area contributed by atoms with Crippen LogP contribution < -0.4 is 15.4 Å². The van der Waals surface area contributed by atoms with Gasteiger partial charge in [0.05, 0.1) is 6.54 Å². The van der Waals surface area contributed by atoms with E-state index in [1.54, 1.807) is 11.4 Å². The molecule has 8 heteroatoms. The van der Waals surface area contributed by atoms with Crippen molar-refractivity contribution in [2.75, 3.05) is 6.54 Å². The second-order valence-electron chi connectivity index (χ2n) is 4.99.